The lowest BCUT2D eigenvalue weighted by Gasteiger charge is -2.06. The van der Waals surface area contributed by atoms with Crippen LogP contribution in [0.1, 0.15) is 10.4 Å². The fourth-order valence-electron chi connectivity index (χ4n) is 1.99. The summed E-state index contributed by atoms with van der Waals surface area (Å²) in [5.74, 6) is -0.125. The highest BCUT2D eigenvalue weighted by atomic mass is 79.9. The Bertz CT molecular complexity index is 844. The van der Waals surface area contributed by atoms with Crippen molar-refractivity contribution in [3.05, 3.63) is 60.1 Å². The molecule has 0 fully saturated rings. The minimum atomic E-state index is -0.125. The molecule has 0 bridgehead atoms. The second-order valence-electron chi connectivity index (χ2n) is 4.40. The number of fused-ring (bicyclic) bond motifs is 1. The highest BCUT2D eigenvalue weighted by Gasteiger charge is 2.13. The Balaban J connectivity index is 1.89. The SMILES string of the molecule is O=C(Nc1ccc2cc(Br)ccc2c1)c1cc(Br)sc1Br. The van der Waals surface area contributed by atoms with E-state index < -0.39 is 0 Å². The van der Waals surface area contributed by atoms with Crippen LogP contribution < -0.4 is 5.32 Å². The largest absolute Gasteiger partial charge is 0.322 e. The molecular weight excluding hydrogens is 482 g/mol. The van der Waals surface area contributed by atoms with Crippen molar-refractivity contribution in [2.45, 2.75) is 0 Å². The Labute approximate surface area is 150 Å². The highest BCUT2D eigenvalue weighted by Crippen LogP contribution is 2.32. The standard InChI is InChI=1S/C15H8Br3NOS/c16-10-3-1-9-6-11(4-2-8(9)5-10)19-15(20)12-7-13(17)21-14(12)18/h1-7H,(H,19,20). The molecule has 1 N–H and O–H groups in total. The Morgan fingerprint density at radius 1 is 0.952 bits per heavy atom. The van der Waals surface area contributed by atoms with Gasteiger partial charge in [0, 0.05) is 10.2 Å². The first kappa shape index (κ1) is 15.2. The normalized spacial score (nSPS) is 10.8. The van der Waals surface area contributed by atoms with Gasteiger partial charge in [0.2, 0.25) is 0 Å². The molecule has 106 valence electrons. The zero-order chi connectivity index (χ0) is 15.0. The zero-order valence-electron chi connectivity index (χ0n) is 10.5. The molecule has 0 radical (unpaired) electrons. The van der Waals surface area contributed by atoms with Gasteiger partial charge in [-0.3, -0.25) is 4.79 Å². The lowest BCUT2D eigenvalue weighted by atomic mass is 10.1. The number of thiophene rings is 1. The lowest BCUT2D eigenvalue weighted by Crippen LogP contribution is -2.11. The molecule has 3 aromatic rings. The smallest absolute Gasteiger partial charge is 0.257 e. The summed E-state index contributed by atoms with van der Waals surface area (Å²) in [6, 6.07) is 13.7. The highest BCUT2D eigenvalue weighted by molar-refractivity contribution is 9.12. The molecule has 0 aliphatic rings. The van der Waals surface area contributed by atoms with E-state index in [1.807, 2.05) is 42.5 Å². The van der Waals surface area contributed by atoms with Gasteiger partial charge in [0.15, 0.2) is 0 Å². The molecule has 0 aliphatic heterocycles. The number of rotatable bonds is 2. The van der Waals surface area contributed by atoms with Gasteiger partial charge in [0.05, 0.1) is 13.1 Å². The fourth-order valence-corrected chi connectivity index (χ4v) is 5.16. The van der Waals surface area contributed by atoms with Crippen molar-refractivity contribution >= 4 is 81.5 Å². The maximum absolute atomic E-state index is 12.3. The zero-order valence-corrected chi connectivity index (χ0v) is 16.1. The first-order valence-corrected chi connectivity index (χ1v) is 9.18. The van der Waals surface area contributed by atoms with Crippen LogP contribution >= 0.6 is 59.1 Å². The molecule has 2 aromatic carbocycles. The molecule has 2 nitrogen and oxygen atoms in total. The minimum Gasteiger partial charge on any atom is -0.322 e. The number of benzene rings is 2. The van der Waals surface area contributed by atoms with Crippen molar-refractivity contribution in [1.82, 2.24) is 0 Å². The van der Waals surface area contributed by atoms with Crippen molar-refractivity contribution in [2.24, 2.45) is 0 Å². The minimum absolute atomic E-state index is 0.125. The lowest BCUT2D eigenvalue weighted by molar-refractivity contribution is 0.102. The van der Waals surface area contributed by atoms with Gasteiger partial charge >= 0.3 is 0 Å². The average molecular weight is 490 g/mol. The van der Waals surface area contributed by atoms with Crippen LogP contribution in [0.4, 0.5) is 5.69 Å². The number of carbonyl (C=O) groups excluding carboxylic acids is 1. The van der Waals surface area contributed by atoms with Crippen molar-refractivity contribution in [1.29, 1.82) is 0 Å². The van der Waals surface area contributed by atoms with Gasteiger partial charge in [-0.15, -0.1) is 11.3 Å². The summed E-state index contributed by atoms with van der Waals surface area (Å²) >= 11 is 11.7. The molecule has 1 aromatic heterocycles. The van der Waals surface area contributed by atoms with E-state index in [0.29, 0.717) is 5.56 Å². The number of hydrogen-bond acceptors (Lipinski definition) is 2. The van der Waals surface area contributed by atoms with E-state index in [4.69, 9.17) is 0 Å². The summed E-state index contributed by atoms with van der Waals surface area (Å²) in [6.07, 6.45) is 0. The summed E-state index contributed by atoms with van der Waals surface area (Å²) in [6.45, 7) is 0. The molecule has 0 saturated heterocycles. The molecule has 0 saturated carbocycles. The van der Waals surface area contributed by atoms with Crippen LogP contribution in [0.25, 0.3) is 10.8 Å². The first-order chi connectivity index (χ1) is 10.0. The predicted octanol–water partition coefficient (Wildman–Crippen LogP) is 6.44. The van der Waals surface area contributed by atoms with E-state index >= 15 is 0 Å². The van der Waals surface area contributed by atoms with Crippen LogP contribution in [0, 0.1) is 0 Å². The number of hydrogen-bond donors (Lipinski definition) is 1. The molecule has 3 rings (SSSR count). The Hall–Kier alpha value is -0.690. The fraction of sp³-hybridized carbons (Fsp3) is 0. The molecule has 0 atom stereocenters. The third kappa shape index (κ3) is 3.39. The van der Waals surface area contributed by atoms with E-state index in [0.717, 1.165) is 28.5 Å². The van der Waals surface area contributed by atoms with Gasteiger partial charge in [0.1, 0.15) is 0 Å². The maximum Gasteiger partial charge on any atom is 0.257 e. The molecule has 21 heavy (non-hydrogen) atoms. The Kier molecular flexibility index (Phi) is 4.49. The van der Waals surface area contributed by atoms with Crippen molar-refractivity contribution in [2.75, 3.05) is 5.32 Å². The van der Waals surface area contributed by atoms with E-state index in [2.05, 4.69) is 53.1 Å². The number of amides is 1. The molecule has 1 heterocycles. The number of halogens is 3. The van der Waals surface area contributed by atoms with Gasteiger partial charge in [-0.05, 0) is 73.0 Å². The second kappa shape index (κ2) is 6.20. The van der Waals surface area contributed by atoms with E-state index in [1.54, 1.807) is 0 Å². The molecule has 0 aliphatic carbocycles. The van der Waals surface area contributed by atoms with E-state index in [1.165, 1.54) is 11.3 Å². The summed E-state index contributed by atoms with van der Waals surface area (Å²) in [5, 5.41) is 5.14. The Morgan fingerprint density at radius 3 is 2.38 bits per heavy atom. The predicted molar refractivity (Wildman–Crippen MR) is 99.3 cm³/mol. The summed E-state index contributed by atoms with van der Waals surface area (Å²) in [7, 11) is 0. The Morgan fingerprint density at radius 2 is 1.67 bits per heavy atom. The van der Waals surface area contributed by atoms with E-state index in [9.17, 15) is 4.79 Å². The van der Waals surface area contributed by atoms with Crippen LogP contribution in [-0.4, -0.2) is 5.91 Å². The number of nitrogens with one attached hydrogen (secondary N) is 1. The van der Waals surface area contributed by atoms with Gasteiger partial charge < -0.3 is 5.32 Å². The second-order valence-corrected chi connectivity index (χ2v) is 9.06. The van der Waals surface area contributed by atoms with Crippen molar-refractivity contribution in [3.8, 4) is 0 Å². The average Bonchev–Trinajstić information content (AvgIpc) is 2.78. The summed E-state index contributed by atoms with van der Waals surface area (Å²) in [5.41, 5.74) is 1.41. The van der Waals surface area contributed by atoms with Gasteiger partial charge in [-0.2, -0.15) is 0 Å². The third-order valence-corrected chi connectivity index (χ3v) is 5.79. The molecular formula is C15H8Br3NOS. The molecule has 0 spiro atoms. The first-order valence-electron chi connectivity index (χ1n) is 5.98. The quantitative estimate of drug-likeness (QED) is 0.441. The van der Waals surface area contributed by atoms with Crippen molar-refractivity contribution in [3.63, 3.8) is 0 Å². The number of carbonyl (C=O) groups is 1. The van der Waals surface area contributed by atoms with Crippen LogP contribution in [0.15, 0.2) is 54.5 Å². The van der Waals surface area contributed by atoms with Gasteiger partial charge in [-0.1, -0.05) is 28.1 Å². The molecule has 1 amide bonds. The van der Waals surface area contributed by atoms with Crippen LogP contribution in [-0.2, 0) is 0 Å². The van der Waals surface area contributed by atoms with Crippen LogP contribution in [0.3, 0.4) is 0 Å². The van der Waals surface area contributed by atoms with E-state index in [-0.39, 0.29) is 5.91 Å². The number of anilines is 1. The monoisotopic (exact) mass is 487 g/mol. The topological polar surface area (TPSA) is 29.1 Å². The van der Waals surface area contributed by atoms with Gasteiger partial charge in [0.25, 0.3) is 5.91 Å². The summed E-state index contributed by atoms with van der Waals surface area (Å²) < 4.78 is 2.78. The van der Waals surface area contributed by atoms with Crippen molar-refractivity contribution < 1.29 is 4.79 Å². The maximum atomic E-state index is 12.3. The summed E-state index contributed by atoms with van der Waals surface area (Å²) in [4.78, 5) is 12.3. The molecule has 6 heteroatoms. The van der Waals surface area contributed by atoms with Crippen LogP contribution in [0.5, 0.6) is 0 Å². The molecule has 0 unspecified atom stereocenters. The van der Waals surface area contributed by atoms with Crippen LogP contribution in [0.2, 0.25) is 0 Å². The third-order valence-electron chi connectivity index (χ3n) is 2.96. The van der Waals surface area contributed by atoms with Gasteiger partial charge in [-0.25, -0.2) is 0 Å².